The van der Waals surface area contributed by atoms with Crippen molar-refractivity contribution in [2.75, 3.05) is 11.9 Å². The van der Waals surface area contributed by atoms with Crippen LogP contribution in [0.25, 0.3) is 22.2 Å². The summed E-state index contributed by atoms with van der Waals surface area (Å²) in [7, 11) is 4.06. The lowest BCUT2D eigenvalue weighted by atomic mass is 10.0. The number of pyridine rings is 2. The summed E-state index contributed by atoms with van der Waals surface area (Å²) in [6, 6.07) is 12.8. The van der Waals surface area contributed by atoms with Crippen molar-refractivity contribution in [2.45, 2.75) is 20.3 Å². The molecule has 0 amide bonds. The summed E-state index contributed by atoms with van der Waals surface area (Å²) in [6.07, 6.45) is 6.53. The van der Waals surface area contributed by atoms with Crippen LogP contribution in [0.1, 0.15) is 18.2 Å². The predicted molar refractivity (Wildman–Crippen MR) is 110 cm³/mol. The van der Waals surface area contributed by atoms with Gasteiger partial charge in [0.1, 0.15) is 11.3 Å². The molecule has 27 heavy (non-hydrogen) atoms. The van der Waals surface area contributed by atoms with Crippen LogP contribution in [0.15, 0.2) is 55.1 Å². The summed E-state index contributed by atoms with van der Waals surface area (Å²) in [5.41, 5.74) is 7.78. The summed E-state index contributed by atoms with van der Waals surface area (Å²) in [6.45, 7) is 4.19. The lowest BCUT2D eigenvalue weighted by Crippen LogP contribution is -2.13. The molecule has 3 heterocycles. The van der Waals surface area contributed by atoms with E-state index in [4.69, 9.17) is 0 Å². The first-order valence-corrected chi connectivity index (χ1v) is 9.13. The molecule has 0 radical (unpaired) electrons. The summed E-state index contributed by atoms with van der Waals surface area (Å²) >= 11 is 0. The van der Waals surface area contributed by atoms with Gasteiger partial charge in [0.15, 0.2) is 0 Å². The number of rotatable bonds is 4. The summed E-state index contributed by atoms with van der Waals surface area (Å²) in [5, 5.41) is 0. The van der Waals surface area contributed by atoms with Gasteiger partial charge in [0.2, 0.25) is 0 Å². The molecule has 0 saturated heterocycles. The number of anilines is 2. The molecule has 136 valence electrons. The Morgan fingerprint density at radius 3 is 2.52 bits per heavy atom. The van der Waals surface area contributed by atoms with Crippen molar-refractivity contribution >= 4 is 22.5 Å². The van der Waals surface area contributed by atoms with Gasteiger partial charge in [-0.25, -0.2) is 9.97 Å². The average Bonchev–Trinajstić information content (AvgIpc) is 3.08. The molecule has 0 fully saturated rings. The minimum atomic E-state index is 0.908. The van der Waals surface area contributed by atoms with Crippen LogP contribution in [-0.4, -0.2) is 26.6 Å². The Labute approximate surface area is 159 Å². The van der Waals surface area contributed by atoms with Gasteiger partial charge < -0.3 is 9.47 Å². The monoisotopic (exact) mass is 357 g/mol. The molecule has 3 aromatic heterocycles. The number of aryl methyl sites for hydroxylation is 3. The lowest BCUT2D eigenvalue weighted by Gasteiger charge is -2.22. The van der Waals surface area contributed by atoms with Crippen LogP contribution >= 0.6 is 0 Å². The van der Waals surface area contributed by atoms with Gasteiger partial charge in [0.25, 0.3) is 0 Å². The highest BCUT2D eigenvalue weighted by atomic mass is 15.2. The first-order valence-electron chi connectivity index (χ1n) is 9.13. The zero-order chi connectivity index (χ0) is 19.0. The van der Waals surface area contributed by atoms with E-state index in [1.165, 1.54) is 11.1 Å². The smallest absolute Gasteiger partial charge is 0.134 e. The normalized spacial score (nSPS) is 11.1. The van der Waals surface area contributed by atoms with Crippen LogP contribution < -0.4 is 4.90 Å². The van der Waals surface area contributed by atoms with Gasteiger partial charge >= 0.3 is 0 Å². The van der Waals surface area contributed by atoms with Gasteiger partial charge in [-0.3, -0.25) is 4.98 Å². The largest absolute Gasteiger partial charge is 0.334 e. The van der Waals surface area contributed by atoms with E-state index < -0.39 is 0 Å². The molecule has 0 atom stereocenters. The van der Waals surface area contributed by atoms with Gasteiger partial charge in [0, 0.05) is 43.3 Å². The van der Waals surface area contributed by atoms with Crippen LogP contribution in [0.5, 0.6) is 0 Å². The first-order chi connectivity index (χ1) is 13.1. The van der Waals surface area contributed by atoms with Gasteiger partial charge in [-0.1, -0.05) is 19.1 Å². The molecular formula is C22H23N5. The standard InChI is InChI=1S/C22H23N5/c1-5-16-10-17(18-7-6-15(2)23-12-18)8-9-20(16)27(4)22-11-21-19(13-24-22)25-14-26(21)3/h6-14H,5H2,1-4H3. The summed E-state index contributed by atoms with van der Waals surface area (Å²) in [5.74, 6) is 0.908. The molecular weight excluding hydrogens is 334 g/mol. The maximum absolute atomic E-state index is 4.60. The topological polar surface area (TPSA) is 46.8 Å². The number of imidazole rings is 1. The number of nitrogens with zero attached hydrogens (tertiary/aromatic N) is 5. The highest BCUT2D eigenvalue weighted by Crippen LogP contribution is 2.31. The number of hydrogen-bond acceptors (Lipinski definition) is 4. The van der Waals surface area contributed by atoms with Crippen LogP contribution in [-0.2, 0) is 13.5 Å². The Morgan fingerprint density at radius 1 is 0.963 bits per heavy atom. The molecule has 0 N–H and O–H groups in total. The van der Waals surface area contributed by atoms with E-state index in [0.717, 1.165) is 40.2 Å². The molecule has 0 spiro atoms. The Kier molecular flexibility index (Phi) is 4.36. The Morgan fingerprint density at radius 2 is 1.78 bits per heavy atom. The van der Waals surface area contributed by atoms with Crippen molar-refractivity contribution < 1.29 is 0 Å². The predicted octanol–water partition coefficient (Wildman–Crippen LogP) is 4.67. The molecule has 0 unspecified atom stereocenters. The molecule has 4 aromatic rings. The third-order valence-corrected chi connectivity index (χ3v) is 5.01. The van der Waals surface area contributed by atoms with E-state index in [0.29, 0.717) is 0 Å². The molecule has 5 nitrogen and oxygen atoms in total. The lowest BCUT2D eigenvalue weighted by molar-refractivity contribution is 0.946. The molecule has 0 aliphatic heterocycles. The van der Waals surface area contributed by atoms with Crippen molar-refractivity contribution in [3.63, 3.8) is 0 Å². The van der Waals surface area contributed by atoms with Gasteiger partial charge in [0.05, 0.1) is 18.0 Å². The average molecular weight is 357 g/mol. The third-order valence-electron chi connectivity index (χ3n) is 5.01. The van der Waals surface area contributed by atoms with Crippen molar-refractivity contribution in [2.24, 2.45) is 7.05 Å². The molecule has 1 aromatic carbocycles. The minimum Gasteiger partial charge on any atom is -0.334 e. The highest BCUT2D eigenvalue weighted by Gasteiger charge is 2.13. The van der Waals surface area contributed by atoms with E-state index in [1.807, 2.05) is 43.3 Å². The van der Waals surface area contributed by atoms with Crippen molar-refractivity contribution in [3.05, 3.63) is 66.4 Å². The summed E-state index contributed by atoms with van der Waals surface area (Å²) in [4.78, 5) is 15.5. The molecule has 5 heteroatoms. The number of hydrogen-bond donors (Lipinski definition) is 0. The minimum absolute atomic E-state index is 0.908. The van der Waals surface area contributed by atoms with Crippen molar-refractivity contribution in [1.29, 1.82) is 0 Å². The first kappa shape index (κ1) is 17.2. The summed E-state index contributed by atoms with van der Waals surface area (Å²) < 4.78 is 2.02. The Bertz CT molecular complexity index is 1100. The molecule has 0 aliphatic carbocycles. The zero-order valence-electron chi connectivity index (χ0n) is 16.1. The van der Waals surface area contributed by atoms with E-state index in [1.54, 1.807) is 0 Å². The van der Waals surface area contributed by atoms with Crippen LogP contribution in [0, 0.1) is 6.92 Å². The maximum Gasteiger partial charge on any atom is 0.134 e. The second kappa shape index (κ2) is 6.83. The van der Waals surface area contributed by atoms with E-state index in [2.05, 4.69) is 64.2 Å². The van der Waals surface area contributed by atoms with Crippen LogP contribution in [0.4, 0.5) is 11.5 Å². The third kappa shape index (κ3) is 3.16. The maximum atomic E-state index is 4.60. The van der Waals surface area contributed by atoms with E-state index >= 15 is 0 Å². The molecule has 0 aliphatic rings. The fourth-order valence-corrected chi connectivity index (χ4v) is 3.34. The fraction of sp³-hybridized carbons (Fsp3) is 0.227. The van der Waals surface area contributed by atoms with Gasteiger partial charge in [-0.05, 0) is 42.7 Å². The van der Waals surface area contributed by atoms with E-state index in [9.17, 15) is 0 Å². The Balaban J connectivity index is 1.73. The number of fused-ring (bicyclic) bond motifs is 1. The zero-order valence-corrected chi connectivity index (χ0v) is 16.1. The molecule has 4 rings (SSSR count). The SMILES string of the molecule is CCc1cc(-c2ccc(C)nc2)ccc1N(C)c1cc2c(cn1)ncn2C. The number of aromatic nitrogens is 4. The van der Waals surface area contributed by atoms with Crippen LogP contribution in [0.2, 0.25) is 0 Å². The van der Waals surface area contributed by atoms with Crippen LogP contribution in [0.3, 0.4) is 0 Å². The number of benzene rings is 1. The van der Waals surface area contributed by atoms with Crippen molar-refractivity contribution in [3.8, 4) is 11.1 Å². The van der Waals surface area contributed by atoms with E-state index in [-0.39, 0.29) is 0 Å². The quantitative estimate of drug-likeness (QED) is 0.532. The van der Waals surface area contributed by atoms with Gasteiger partial charge in [-0.2, -0.15) is 0 Å². The van der Waals surface area contributed by atoms with Gasteiger partial charge in [-0.15, -0.1) is 0 Å². The second-order valence-electron chi connectivity index (χ2n) is 6.83. The Hall–Kier alpha value is -3.21. The molecule has 0 saturated carbocycles. The second-order valence-corrected chi connectivity index (χ2v) is 6.83. The highest BCUT2D eigenvalue weighted by molar-refractivity contribution is 5.79. The fourth-order valence-electron chi connectivity index (χ4n) is 3.34. The molecule has 0 bridgehead atoms. The van der Waals surface area contributed by atoms with Crippen molar-refractivity contribution in [1.82, 2.24) is 19.5 Å².